The molecule has 0 aromatic heterocycles. The van der Waals surface area contributed by atoms with Crippen molar-refractivity contribution in [2.75, 3.05) is 23.8 Å². The van der Waals surface area contributed by atoms with E-state index < -0.39 is 17.0 Å². The van der Waals surface area contributed by atoms with Crippen LogP contribution >= 0.6 is 0 Å². The van der Waals surface area contributed by atoms with Gasteiger partial charge in [0.2, 0.25) is 5.91 Å². The van der Waals surface area contributed by atoms with Gasteiger partial charge in [0.25, 0.3) is 0 Å². The Balaban J connectivity index is 2.19. The zero-order valence-electron chi connectivity index (χ0n) is 25.7. The van der Waals surface area contributed by atoms with Gasteiger partial charge in [0.1, 0.15) is 5.75 Å². The third kappa shape index (κ3) is 20.6. The Kier molecular flexibility index (Phi) is 23.3. The summed E-state index contributed by atoms with van der Waals surface area (Å²) in [5.74, 6) is 0.437. The summed E-state index contributed by atoms with van der Waals surface area (Å²) in [5.41, 5.74) is 0.826. The number of unbranched alkanes of at least 4 members (excludes halogenated alkanes) is 16. The van der Waals surface area contributed by atoms with Crippen LogP contribution in [-0.4, -0.2) is 44.6 Å². The van der Waals surface area contributed by atoms with Crippen LogP contribution in [0.25, 0.3) is 0 Å². The maximum absolute atomic E-state index is 13.2. The van der Waals surface area contributed by atoms with Crippen molar-refractivity contribution in [3.63, 3.8) is 0 Å². The summed E-state index contributed by atoms with van der Waals surface area (Å²) >= 11 is -1.77. The van der Waals surface area contributed by atoms with E-state index in [1.807, 2.05) is 29.2 Å². The van der Waals surface area contributed by atoms with Gasteiger partial charge in [-0.3, -0.25) is 9.59 Å². The highest BCUT2D eigenvalue weighted by Gasteiger charge is 2.18. The van der Waals surface area contributed by atoms with Crippen LogP contribution in [0.1, 0.15) is 142 Å². The van der Waals surface area contributed by atoms with Crippen molar-refractivity contribution in [2.45, 2.75) is 142 Å². The second-order valence-electron chi connectivity index (χ2n) is 11.1. The molecule has 236 valence electrons. The lowest BCUT2D eigenvalue weighted by molar-refractivity contribution is -0.137. The molecule has 7 nitrogen and oxygen atoms in total. The molecule has 0 bridgehead atoms. The Morgan fingerprint density at radius 1 is 0.732 bits per heavy atom. The molecule has 2 N–H and O–H groups in total. The van der Waals surface area contributed by atoms with Gasteiger partial charge in [-0.25, -0.2) is 4.21 Å². The average Bonchev–Trinajstić information content (AvgIpc) is 2.95. The number of anilines is 1. The summed E-state index contributed by atoms with van der Waals surface area (Å²) in [4.78, 5) is 25.6. The molecule has 0 fully saturated rings. The highest BCUT2D eigenvalue weighted by Crippen LogP contribution is 2.29. The maximum atomic E-state index is 13.2. The van der Waals surface area contributed by atoms with Crippen LogP contribution < -0.4 is 9.64 Å². The molecule has 0 aliphatic heterocycles. The van der Waals surface area contributed by atoms with E-state index in [-0.39, 0.29) is 11.7 Å². The number of para-hydroxylation sites is 2. The van der Waals surface area contributed by atoms with Gasteiger partial charge in [-0.2, -0.15) is 0 Å². The van der Waals surface area contributed by atoms with E-state index >= 15 is 0 Å². The van der Waals surface area contributed by atoms with E-state index in [1.165, 1.54) is 64.2 Å². The van der Waals surface area contributed by atoms with Crippen LogP contribution in [0.4, 0.5) is 5.69 Å². The van der Waals surface area contributed by atoms with E-state index in [4.69, 9.17) is 14.4 Å². The van der Waals surface area contributed by atoms with Crippen molar-refractivity contribution in [1.82, 2.24) is 0 Å². The third-order valence-corrected chi connectivity index (χ3v) is 8.08. The molecule has 1 rings (SSSR count). The first kappa shape index (κ1) is 37.1. The lowest BCUT2D eigenvalue weighted by atomic mass is 10.0. The first-order valence-corrected chi connectivity index (χ1v) is 17.5. The molecule has 0 radical (unpaired) electrons. The van der Waals surface area contributed by atoms with E-state index in [0.29, 0.717) is 44.6 Å². The number of carbonyl (C=O) groups is 2. The molecule has 1 amide bonds. The molecule has 1 aromatic rings. The summed E-state index contributed by atoms with van der Waals surface area (Å²) in [6.07, 6.45) is 21.9. The van der Waals surface area contributed by atoms with Crippen molar-refractivity contribution in [1.29, 1.82) is 0 Å². The molecule has 0 heterocycles. The van der Waals surface area contributed by atoms with Crippen molar-refractivity contribution in [3.05, 3.63) is 24.3 Å². The monoisotopic (exact) mass is 595 g/mol. The van der Waals surface area contributed by atoms with Crippen molar-refractivity contribution >= 4 is 28.6 Å². The maximum Gasteiger partial charge on any atom is 0.303 e. The summed E-state index contributed by atoms with van der Waals surface area (Å²) in [6, 6.07) is 7.72. The van der Waals surface area contributed by atoms with Gasteiger partial charge < -0.3 is 19.3 Å². The molecule has 41 heavy (non-hydrogen) atoms. The zero-order chi connectivity index (χ0) is 30.0. The zero-order valence-corrected chi connectivity index (χ0v) is 26.5. The largest absolute Gasteiger partial charge is 0.491 e. The number of carboxylic acid groups (broad SMARTS) is 1. The molecule has 1 atom stereocenters. The van der Waals surface area contributed by atoms with Crippen LogP contribution in [0.3, 0.4) is 0 Å². The third-order valence-electron chi connectivity index (χ3n) is 7.44. The van der Waals surface area contributed by atoms with Gasteiger partial charge >= 0.3 is 5.97 Å². The number of hydrogen-bond donors (Lipinski definition) is 2. The van der Waals surface area contributed by atoms with Gasteiger partial charge in [-0.05, 0) is 44.2 Å². The van der Waals surface area contributed by atoms with Gasteiger partial charge in [0.15, 0.2) is 11.1 Å². The molecular formula is C33H57NO6S. The fourth-order valence-corrected chi connectivity index (χ4v) is 5.44. The summed E-state index contributed by atoms with van der Waals surface area (Å²) < 4.78 is 25.7. The second kappa shape index (κ2) is 25.8. The second-order valence-corrected chi connectivity index (χ2v) is 12.2. The fourth-order valence-electron chi connectivity index (χ4n) is 4.99. The number of hydrogen-bond acceptors (Lipinski definition) is 4. The lowest BCUT2D eigenvalue weighted by Crippen LogP contribution is -2.32. The van der Waals surface area contributed by atoms with Crippen LogP contribution in [-0.2, 0) is 20.7 Å². The number of carboxylic acids is 1. The Morgan fingerprint density at radius 3 is 1.76 bits per heavy atom. The van der Waals surface area contributed by atoms with Crippen LogP contribution in [0, 0.1) is 0 Å². The average molecular weight is 596 g/mol. The highest BCUT2D eigenvalue weighted by atomic mass is 32.2. The fraction of sp³-hybridized carbons (Fsp3) is 0.758. The lowest BCUT2D eigenvalue weighted by Gasteiger charge is -2.25. The van der Waals surface area contributed by atoms with Crippen molar-refractivity contribution in [2.24, 2.45) is 0 Å². The van der Waals surface area contributed by atoms with Crippen LogP contribution in [0.5, 0.6) is 5.75 Å². The van der Waals surface area contributed by atoms with Crippen molar-refractivity contribution in [3.8, 4) is 5.75 Å². The predicted octanol–water partition coefficient (Wildman–Crippen LogP) is 8.92. The summed E-state index contributed by atoms with van der Waals surface area (Å²) in [6.45, 7) is 3.28. The Morgan fingerprint density at radius 2 is 1.24 bits per heavy atom. The number of amides is 1. The number of aliphatic carboxylic acids is 1. The van der Waals surface area contributed by atoms with Crippen LogP contribution in [0.15, 0.2) is 24.3 Å². The molecule has 8 heteroatoms. The van der Waals surface area contributed by atoms with E-state index in [2.05, 4.69) is 6.92 Å². The van der Waals surface area contributed by atoms with E-state index in [9.17, 15) is 13.8 Å². The van der Waals surface area contributed by atoms with Crippen LogP contribution in [0.2, 0.25) is 0 Å². The standard InChI is InChI=1S/C33H57NO6S/c1-2-3-27-34(30-23-19-20-24-31(30)40-28-21-22-29-41(38)39)32(35)25-17-15-13-11-9-7-5-4-6-8-10-12-14-16-18-26-33(36)37/h19-20,23-24H,2-18,21-22,25-29H2,1H3,(H,36,37)(H,38,39). The number of rotatable bonds is 28. The van der Waals surface area contributed by atoms with E-state index in [0.717, 1.165) is 50.6 Å². The Bertz CT molecular complexity index is 834. The molecule has 0 saturated carbocycles. The summed E-state index contributed by atoms with van der Waals surface area (Å²) in [7, 11) is 0. The quantitative estimate of drug-likeness (QED) is 0.0740. The first-order valence-electron chi connectivity index (χ1n) is 16.3. The first-order chi connectivity index (χ1) is 20.0. The van der Waals surface area contributed by atoms with Gasteiger partial charge in [0, 0.05) is 25.1 Å². The minimum Gasteiger partial charge on any atom is -0.491 e. The molecule has 1 aromatic carbocycles. The van der Waals surface area contributed by atoms with Gasteiger partial charge in [0.05, 0.1) is 12.3 Å². The minimum atomic E-state index is -1.77. The highest BCUT2D eigenvalue weighted by molar-refractivity contribution is 7.79. The van der Waals surface area contributed by atoms with Gasteiger partial charge in [-0.1, -0.05) is 109 Å². The Labute approximate surface area is 252 Å². The number of benzene rings is 1. The normalized spacial score (nSPS) is 11.9. The molecule has 0 spiro atoms. The minimum absolute atomic E-state index is 0.158. The topological polar surface area (TPSA) is 104 Å². The van der Waals surface area contributed by atoms with Crippen molar-refractivity contribution < 1.29 is 28.2 Å². The molecule has 0 aliphatic rings. The number of carbonyl (C=O) groups excluding carboxylic acids is 1. The predicted molar refractivity (Wildman–Crippen MR) is 170 cm³/mol. The smallest absolute Gasteiger partial charge is 0.303 e. The Hall–Kier alpha value is -1.93. The number of ether oxygens (including phenoxy) is 1. The van der Waals surface area contributed by atoms with Gasteiger partial charge in [-0.15, -0.1) is 0 Å². The SMILES string of the molecule is CCCCN(C(=O)CCCCCCCCCCCCCCCCCC(=O)O)c1ccccc1OCCCCS(=O)O. The summed E-state index contributed by atoms with van der Waals surface area (Å²) in [5, 5.41) is 8.65. The number of nitrogens with zero attached hydrogens (tertiary/aromatic N) is 1. The molecule has 1 unspecified atom stereocenters. The molecule has 0 saturated heterocycles. The molecular weight excluding hydrogens is 538 g/mol. The molecule has 0 aliphatic carbocycles. The van der Waals surface area contributed by atoms with E-state index in [1.54, 1.807) is 0 Å².